The van der Waals surface area contributed by atoms with Crippen molar-refractivity contribution in [3.63, 3.8) is 0 Å². The van der Waals surface area contributed by atoms with Crippen LogP contribution in [0, 0.1) is 0 Å². The highest BCUT2D eigenvalue weighted by atomic mass is 16.5. The van der Waals surface area contributed by atoms with Crippen LogP contribution in [0.15, 0.2) is 54.6 Å². The molecule has 138 valence electrons. The topological polar surface area (TPSA) is 71.5 Å². The lowest BCUT2D eigenvalue weighted by Gasteiger charge is -2.18. The van der Waals surface area contributed by atoms with Crippen molar-refractivity contribution in [2.45, 2.75) is 6.54 Å². The van der Waals surface area contributed by atoms with Crippen LogP contribution in [0.1, 0.15) is 26.4 Å². The number of carbonyl (C=O) groups excluding carboxylic acids is 2. The van der Waals surface area contributed by atoms with Crippen molar-refractivity contribution >= 4 is 22.6 Å². The first kappa shape index (κ1) is 18.4. The molecule has 2 aromatic carbocycles. The van der Waals surface area contributed by atoms with E-state index in [9.17, 15) is 9.59 Å². The number of fused-ring (bicyclic) bond motifs is 1. The maximum Gasteiger partial charge on any atom is 0.272 e. The predicted molar refractivity (Wildman–Crippen MR) is 104 cm³/mol. The van der Waals surface area contributed by atoms with Crippen LogP contribution in [-0.2, 0) is 6.54 Å². The second kappa shape index (κ2) is 7.86. The van der Waals surface area contributed by atoms with E-state index in [0.717, 1.165) is 16.3 Å². The van der Waals surface area contributed by atoms with Crippen molar-refractivity contribution in [2.24, 2.45) is 0 Å². The number of ether oxygens (including phenoxy) is 1. The summed E-state index contributed by atoms with van der Waals surface area (Å²) in [5, 5.41) is 4.35. The van der Waals surface area contributed by atoms with Crippen LogP contribution in [0.5, 0.6) is 5.88 Å². The molecule has 0 bridgehead atoms. The SMILES string of the molecule is CNC(=O)c1ccc(CN(C)C(=O)c2cc3ccccc3c(OC)n2)cc1. The minimum atomic E-state index is -0.200. The number of pyridine rings is 1. The van der Waals surface area contributed by atoms with Gasteiger partial charge in [0, 0.05) is 31.6 Å². The molecule has 0 unspecified atom stereocenters. The normalized spacial score (nSPS) is 10.5. The number of aromatic nitrogens is 1. The molecule has 1 heterocycles. The summed E-state index contributed by atoms with van der Waals surface area (Å²) in [6.07, 6.45) is 0. The van der Waals surface area contributed by atoms with Gasteiger partial charge in [-0.15, -0.1) is 0 Å². The number of nitrogens with one attached hydrogen (secondary N) is 1. The van der Waals surface area contributed by atoms with E-state index in [-0.39, 0.29) is 11.8 Å². The highest BCUT2D eigenvalue weighted by Gasteiger charge is 2.17. The Labute approximate surface area is 157 Å². The zero-order chi connectivity index (χ0) is 19.4. The first-order valence-electron chi connectivity index (χ1n) is 8.53. The van der Waals surface area contributed by atoms with Gasteiger partial charge < -0.3 is 15.0 Å². The molecule has 2 amide bonds. The van der Waals surface area contributed by atoms with Gasteiger partial charge in [0.25, 0.3) is 11.8 Å². The molecule has 1 N–H and O–H groups in total. The van der Waals surface area contributed by atoms with Crippen LogP contribution in [-0.4, -0.2) is 42.9 Å². The van der Waals surface area contributed by atoms with E-state index >= 15 is 0 Å². The summed E-state index contributed by atoms with van der Waals surface area (Å²) in [5.41, 5.74) is 1.83. The monoisotopic (exact) mass is 363 g/mol. The van der Waals surface area contributed by atoms with E-state index in [1.807, 2.05) is 36.4 Å². The van der Waals surface area contributed by atoms with Gasteiger partial charge in [-0.05, 0) is 35.2 Å². The maximum atomic E-state index is 12.8. The van der Waals surface area contributed by atoms with Crippen molar-refractivity contribution in [1.29, 1.82) is 0 Å². The minimum Gasteiger partial charge on any atom is -0.481 e. The van der Waals surface area contributed by atoms with Gasteiger partial charge in [-0.1, -0.05) is 30.3 Å². The molecule has 0 fully saturated rings. The molecule has 0 spiro atoms. The molecule has 3 rings (SSSR count). The summed E-state index contributed by atoms with van der Waals surface area (Å²) < 4.78 is 5.34. The summed E-state index contributed by atoms with van der Waals surface area (Å²) in [6, 6.07) is 16.6. The molecule has 0 aliphatic rings. The van der Waals surface area contributed by atoms with Gasteiger partial charge in [-0.3, -0.25) is 9.59 Å². The Bertz CT molecular complexity index is 984. The van der Waals surface area contributed by atoms with Crippen molar-refractivity contribution in [3.05, 3.63) is 71.4 Å². The number of methoxy groups -OCH3 is 1. The van der Waals surface area contributed by atoms with Crippen LogP contribution < -0.4 is 10.1 Å². The highest BCUT2D eigenvalue weighted by molar-refractivity contribution is 5.98. The quantitative estimate of drug-likeness (QED) is 0.757. The van der Waals surface area contributed by atoms with Crippen LogP contribution in [0.3, 0.4) is 0 Å². The average Bonchev–Trinajstić information content (AvgIpc) is 2.72. The zero-order valence-electron chi connectivity index (χ0n) is 15.5. The van der Waals surface area contributed by atoms with E-state index in [2.05, 4.69) is 10.3 Å². The average molecular weight is 363 g/mol. The molecule has 0 atom stereocenters. The number of hydrogen-bond donors (Lipinski definition) is 1. The van der Waals surface area contributed by atoms with Crippen LogP contribution in [0.4, 0.5) is 0 Å². The second-order valence-electron chi connectivity index (χ2n) is 6.18. The van der Waals surface area contributed by atoms with Crippen molar-refractivity contribution in [2.75, 3.05) is 21.2 Å². The number of hydrogen-bond acceptors (Lipinski definition) is 4. The van der Waals surface area contributed by atoms with E-state index in [1.54, 1.807) is 44.3 Å². The minimum absolute atomic E-state index is 0.140. The summed E-state index contributed by atoms with van der Waals surface area (Å²) in [4.78, 5) is 30.4. The summed E-state index contributed by atoms with van der Waals surface area (Å²) >= 11 is 0. The lowest BCUT2D eigenvalue weighted by Crippen LogP contribution is -2.27. The Hall–Kier alpha value is -3.41. The Morgan fingerprint density at radius 2 is 1.81 bits per heavy atom. The molecule has 0 radical (unpaired) electrons. The Morgan fingerprint density at radius 3 is 2.48 bits per heavy atom. The van der Waals surface area contributed by atoms with E-state index in [1.165, 1.54) is 0 Å². The summed E-state index contributed by atoms with van der Waals surface area (Å²) in [7, 11) is 4.85. The van der Waals surface area contributed by atoms with Crippen molar-refractivity contribution < 1.29 is 14.3 Å². The van der Waals surface area contributed by atoms with Gasteiger partial charge in [-0.2, -0.15) is 0 Å². The third-order valence-corrected chi connectivity index (χ3v) is 4.33. The Morgan fingerprint density at radius 1 is 1.11 bits per heavy atom. The predicted octanol–water partition coefficient (Wildman–Crippen LogP) is 2.88. The van der Waals surface area contributed by atoms with Crippen molar-refractivity contribution in [3.8, 4) is 5.88 Å². The highest BCUT2D eigenvalue weighted by Crippen LogP contribution is 2.24. The van der Waals surface area contributed by atoms with Crippen LogP contribution in [0.2, 0.25) is 0 Å². The number of benzene rings is 2. The lowest BCUT2D eigenvalue weighted by atomic mass is 10.1. The van der Waals surface area contributed by atoms with Gasteiger partial charge in [-0.25, -0.2) is 4.98 Å². The van der Waals surface area contributed by atoms with E-state index < -0.39 is 0 Å². The molecule has 6 heteroatoms. The number of amides is 2. The molecule has 0 saturated carbocycles. The second-order valence-corrected chi connectivity index (χ2v) is 6.18. The molecule has 27 heavy (non-hydrogen) atoms. The fraction of sp³-hybridized carbons (Fsp3) is 0.190. The number of nitrogens with zero attached hydrogens (tertiary/aromatic N) is 2. The molecule has 0 aliphatic carbocycles. The molecule has 1 aromatic heterocycles. The summed E-state index contributed by atoms with van der Waals surface area (Å²) in [6.45, 7) is 0.406. The third kappa shape index (κ3) is 3.89. The first-order chi connectivity index (χ1) is 13.0. The largest absolute Gasteiger partial charge is 0.481 e. The zero-order valence-corrected chi connectivity index (χ0v) is 15.5. The molecule has 3 aromatic rings. The van der Waals surface area contributed by atoms with Crippen molar-refractivity contribution in [1.82, 2.24) is 15.2 Å². The Kier molecular flexibility index (Phi) is 5.35. The molecular weight excluding hydrogens is 342 g/mol. The van der Waals surface area contributed by atoms with Gasteiger partial charge in [0.1, 0.15) is 5.69 Å². The van der Waals surface area contributed by atoms with Gasteiger partial charge in [0.2, 0.25) is 5.88 Å². The van der Waals surface area contributed by atoms with Crippen LogP contribution in [0.25, 0.3) is 10.8 Å². The Balaban J connectivity index is 1.81. The molecule has 0 saturated heterocycles. The number of rotatable bonds is 5. The van der Waals surface area contributed by atoms with E-state index in [0.29, 0.717) is 23.7 Å². The fourth-order valence-electron chi connectivity index (χ4n) is 2.88. The molecular formula is C21H21N3O3. The van der Waals surface area contributed by atoms with Gasteiger partial charge in [0.15, 0.2) is 0 Å². The van der Waals surface area contributed by atoms with Gasteiger partial charge >= 0.3 is 0 Å². The molecule has 0 aliphatic heterocycles. The maximum absolute atomic E-state index is 12.8. The van der Waals surface area contributed by atoms with Crippen LogP contribution >= 0.6 is 0 Å². The van der Waals surface area contributed by atoms with Gasteiger partial charge in [0.05, 0.1) is 7.11 Å². The van der Waals surface area contributed by atoms with E-state index in [4.69, 9.17) is 4.74 Å². The third-order valence-electron chi connectivity index (χ3n) is 4.33. The standard InChI is InChI=1S/C21H21N3O3/c1-22-19(25)15-10-8-14(9-11-15)13-24(2)21(26)18-12-16-6-4-5-7-17(16)20(23-18)27-3/h4-12H,13H2,1-3H3,(H,22,25). The lowest BCUT2D eigenvalue weighted by molar-refractivity contribution is 0.0778. The smallest absolute Gasteiger partial charge is 0.272 e. The number of carbonyl (C=O) groups is 2. The fourth-order valence-corrected chi connectivity index (χ4v) is 2.88. The molecule has 6 nitrogen and oxygen atoms in total. The first-order valence-corrected chi connectivity index (χ1v) is 8.53. The summed E-state index contributed by atoms with van der Waals surface area (Å²) in [5.74, 6) is 0.0904.